The number of hydrogen-bond acceptors (Lipinski definition) is 4. The number of amides is 1. The van der Waals surface area contributed by atoms with Crippen LogP contribution in [0.4, 0.5) is 0 Å². The first-order valence-corrected chi connectivity index (χ1v) is 9.71. The quantitative estimate of drug-likeness (QED) is 0.766. The van der Waals surface area contributed by atoms with Crippen LogP contribution in [-0.4, -0.2) is 41.5 Å². The zero-order valence-electron chi connectivity index (χ0n) is 16.2. The molecule has 1 saturated heterocycles. The molecule has 146 valence electrons. The van der Waals surface area contributed by atoms with Crippen molar-refractivity contribution in [2.75, 3.05) is 20.2 Å². The van der Waals surface area contributed by atoms with Crippen molar-refractivity contribution < 1.29 is 14.3 Å². The number of esters is 1. The minimum Gasteiger partial charge on any atom is -0.469 e. The molecule has 0 radical (unpaired) electrons. The van der Waals surface area contributed by atoms with E-state index < -0.39 is 0 Å². The predicted molar refractivity (Wildman–Crippen MR) is 105 cm³/mol. The molecular weight excluding hydrogens is 356 g/mol. The molecule has 1 aliphatic carbocycles. The fourth-order valence-corrected chi connectivity index (χ4v) is 4.36. The van der Waals surface area contributed by atoms with E-state index >= 15 is 0 Å². The molecule has 1 aromatic carbocycles. The zero-order valence-corrected chi connectivity index (χ0v) is 16.2. The van der Waals surface area contributed by atoms with Crippen molar-refractivity contribution in [3.63, 3.8) is 0 Å². The van der Waals surface area contributed by atoms with Crippen molar-refractivity contribution in [3.8, 4) is 5.69 Å². The van der Waals surface area contributed by atoms with Gasteiger partial charge in [-0.15, -0.1) is 0 Å². The van der Waals surface area contributed by atoms with Crippen molar-refractivity contribution in [2.24, 2.45) is 5.92 Å². The zero-order chi connectivity index (χ0) is 19.8. The number of ether oxygens (including phenoxy) is 1. The van der Waals surface area contributed by atoms with Crippen molar-refractivity contribution in [3.05, 3.63) is 63.1 Å². The van der Waals surface area contributed by atoms with Crippen molar-refractivity contribution in [1.29, 1.82) is 0 Å². The van der Waals surface area contributed by atoms with E-state index in [2.05, 4.69) is 6.07 Å². The average Bonchev–Trinajstić information content (AvgIpc) is 3.37. The molecule has 1 amide bonds. The van der Waals surface area contributed by atoms with Crippen LogP contribution >= 0.6 is 0 Å². The fourth-order valence-electron chi connectivity index (χ4n) is 4.36. The maximum absolute atomic E-state index is 13.3. The van der Waals surface area contributed by atoms with Gasteiger partial charge in [-0.2, -0.15) is 0 Å². The second-order valence-corrected chi connectivity index (χ2v) is 7.58. The molecule has 0 spiro atoms. The van der Waals surface area contributed by atoms with Crippen LogP contribution in [0, 0.1) is 12.8 Å². The third kappa shape index (κ3) is 3.03. The van der Waals surface area contributed by atoms with E-state index in [1.165, 1.54) is 18.2 Å². The number of pyridine rings is 1. The Hall–Kier alpha value is -2.89. The smallest absolute Gasteiger partial charge is 0.310 e. The third-order valence-corrected chi connectivity index (χ3v) is 5.91. The highest BCUT2D eigenvalue weighted by molar-refractivity contribution is 5.96. The first kappa shape index (κ1) is 18.5. The van der Waals surface area contributed by atoms with Crippen LogP contribution < -0.4 is 5.56 Å². The summed E-state index contributed by atoms with van der Waals surface area (Å²) in [5.74, 6) is -0.939. The topological polar surface area (TPSA) is 68.6 Å². The van der Waals surface area contributed by atoms with Gasteiger partial charge in [0.25, 0.3) is 11.5 Å². The fraction of sp³-hybridized carbons (Fsp3) is 0.409. The molecule has 6 nitrogen and oxygen atoms in total. The molecule has 1 fully saturated rings. The number of carbonyl (C=O) groups excluding carboxylic acids is 2. The van der Waals surface area contributed by atoms with Gasteiger partial charge in [-0.25, -0.2) is 0 Å². The van der Waals surface area contributed by atoms with E-state index in [4.69, 9.17) is 4.74 Å². The molecule has 0 N–H and O–H groups in total. The van der Waals surface area contributed by atoms with E-state index in [1.807, 2.05) is 18.2 Å². The second-order valence-electron chi connectivity index (χ2n) is 7.58. The lowest BCUT2D eigenvalue weighted by atomic mass is 10.1. The van der Waals surface area contributed by atoms with E-state index in [1.54, 1.807) is 22.6 Å². The number of rotatable bonds is 3. The summed E-state index contributed by atoms with van der Waals surface area (Å²) in [7, 11) is 1.35. The summed E-state index contributed by atoms with van der Waals surface area (Å²) in [5.41, 5.74) is 3.87. The summed E-state index contributed by atoms with van der Waals surface area (Å²) in [6.45, 7) is 2.52. The first-order valence-electron chi connectivity index (χ1n) is 9.71. The molecule has 28 heavy (non-hydrogen) atoms. The maximum atomic E-state index is 13.3. The first-order chi connectivity index (χ1) is 13.5. The van der Waals surface area contributed by atoms with Crippen LogP contribution in [0.5, 0.6) is 0 Å². The van der Waals surface area contributed by atoms with Crippen LogP contribution in [0.25, 0.3) is 5.69 Å². The minimum atomic E-state index is -0.322. The molecule has 0 bridgehead atoms. The van der Waals surface area contributed by atoms with Crippen molar-refractivity contribution in [1.82, 2.24) is 9.47 Å². The number of likely N-dealkylation sites (tertiary alicyclic amines) is 1. The van der Waals surface area contributed by atoms with Gasteiger partial charge in [-0.3, -0.25) is 19.0 Å². The Bertz CT molecular complexity index is 1010. The van der Waals surface area contributed by atoms with Gasteiger partial charge in [0.1, 0.15) is 5.56 Å². The Balaban J connectivity index is 1.71. The lowest BCUT2D eigenvalue weighted by molar-refractivity contribution is -0.144. The monoisotopic (exact) mass is 380 g/mol. The molecule has 2 heterocycles. The van der Waals surface area contributed by atoms with Crippen LogP contribution in [0.1, 0.15) is 39.9 Å². The Labute approximate surface area is 163 Å². The molecule has 2 aromatic rings. The standard InChI is InChI=1S/C22H24N2O4/c1-14-9-12-24(18-8-4-6-15-5-3-7-17(15)18)21(26)19(14)20(25)23-11-10-16(13-23)22(27)28-2/h4,6,8-9,12,16H,3,5,7,10-11,13H2,1-2H3. The number of carbonyl (C=O) groups is 2. The van der Waals surface area contributed by atoms with Gasteiger partial charge in [0, 0.05) is 19.3 Å². The maximum Gasteiger partial charge on any atom is 0.310 e. The summed E-state index contributed by atoms with van der Waals surface area (Å²) in [6.07, 6.45) is 5.37. The molecule has 4 rings (SSSR count). The molecular formula is C22H24N2O4. The van der Waals surface area contributed by atoms with Crippen LogP contribution in [-0.2, 0) is 22.4 Å². The van der Waals surface area contributed by atoms with E-state index in [0.29, 0.717) is 25.1 Å². The number of nitrogens with zero attached hydrogens (tertiary/aromatic N) is 2. The lowest BCUT2D eigenvalue weighted by Gasteiger charge is -2.19. The summed E-state index contributed by atoms with van der Waals surface area (Å²) >= 11 is 0. The van der Waals surface area contributed by atoms with E-state index in [0.717, 1.165) is 24.9 Å². The number of fused-ring (bicyclic) bond motifs is 1. The minimum absolute atomic E-state index is 0.184. The van der Waals surface area contributed by atoms with Gasteiger partial charge in [0.15, 0.2) is 0 Å². The van der Waals surface area contributed by atoms with Crippen LogP contribution in [0.3, 0.4) is 0 Å². The molecule has 2 aliphatic rings. The molecule has 1 unspecified atom stereocenters. The van der Waals surface area contributed by atoms with E-state index in [9.17, 15) is 14.4 Å². The summed E-state index contributed by atoms with van der Waals surface area (Å²) in [5, 5.41) is 0. The summed E-state index contributed by atoms with van der Waals surface area (Å²) < 4.78 is 6.39. The average molecular weight is 380 g/mol. The van der Waals surface area contributed by atoms with Gasteiger partial charge in [0.05, 0.1) is 18.7 Å². The molecule has 1 aromatic heterocycles. The number of aromatic nitrogens is 1. The molecule has 0 saturated carbocycles. The number of methoxy groups -OCH3 is 1. The van der Waals surface area contributed by atoms with Gasteiger partial charge in [-0.1, -0.05) is 12.1 Å². The highest BCUT2D eigenvalue weighted by atomic mass is 16.5. The van der Waals surface area contributed by atoms with Gasteiger partial charge < -0.3 is 9.64 Å². The van der Waals surface area contributed by atoms with Gasteiger partial charge in [0.2, 0.25) is 0 Å². The molecule has 1 atom stereocenters. The van der Waals surface area contributed by atoms with Gasteiger partial charge >= 0.3 is 5.97 Å². The molecule has 6 heteroatoms. The highest BCUT2D eigenvalue weighted by Crippen LogP contribution is 2.27. The van der Waals surface area contributed by atoms with E-state index in [-0.39, 0.29) is 28.9 Å². The highest BCUT2D eigenvalue weighted by Gasteiger charge is 2.34. The van der Waals surface area contributed by atoms with Crippen molar-refractivity contribution >= 4 is 11.9 Å². The number of benzene rings is 1. The normalized spacial score (nSPS) is 18.2. The van der Waals surface area contributed by atoms with Crippen LogP contribution in [0.15, 0.2) is 35.3 Å². The lowest BCUT2D eigenvalue weighted by Crippen LogP contribution is -2.36. The van der Waals surface area contributed by atoms with Gasteiger partial charge in [-0.05, 0) is 61.4 Å². The third-order valence-electron chi connectivity index (χ3n) is 5.91. The Morgan fingerprint density at radius 2 is 2.00 bits per heavy atom. The van der Waals surface area contributed by atoms with Crippen molar-refractivity contribution in [2.45, 2.75) is 32.6 Å². The largest absolute Gasteiger partial charge is 0.469 e. The Kier molecular flexibility index (Phi) is 4.79. The predicted octanol–water partition coefficient (Wildman–Crippen LogP) is 2.27. The Morgan fingerprint density at radius 1 is 1.18 bits per heavy atom. The van der Waals surface area contributed by atoms with Crippen LogP contribution in [0.2, 0.25) is 0 Å². The summed E-state index contributed by atoms with van der Waals surface area (Å²) in [6, 6.07) is 7.83. The SMILES string of the molecule is COC(=O)C1CCN(C(=O)c2c(C)ccn(-c3cccc4c3CCC4)c2=O)C1. The Morgan fingerprint density at radius 3 is 2.79 bits per heavy atom. The number of aryl methyl sites for hydroxylation is 2. The number of hydrogen-bond donors (Lipinski definition) is 0. The second kappa shape index (κ2) is 7.26. The molecule has 1 aliphatic heterocycles. The summed E-state index contributed by atoms with van der Waals surface area (Å²) in [4.78, 5) is 39.8.